The summed E-state index contributed by atoms with van der Waals surface area (Å²) in [5.41, 5.74) is 3.43. The number of aliphatic hydroxyl groups is 1. The summed E-state index contributed by atoms with van der Waals surface area (Å²) < 4.78 is 1.82. The summed E-state index contributed by atoms with van der Waals surface area (Å²) in [6, 6.07) is 2.04. The van der Waals surface area contributed by atoms with Crippen LogP contribution in [0.3, 0.4) is 0 Å². The van der Waals surface area contributed by atoms with Crippen LogP contribution in [0.1, 0.15) is 34.7 Å². The summed E-state index contributed by atoms with van der Waals surface area (Å²) in [7, 11) is 0. The zero-order valence-electron chi connectivity index (χ0n) is 13.9. The van der Waals surface area contributed by atoms with Gasteiger partial charge in [-0.25, -0.2) is 9.67 Å². The van der Waals surface area contributed by atoms with Gasteiger partial charge >= 0.3 is 0 Å². The van der Waals surface area contributed by atoms with Gasteiger partial charge in [-0.05, 0) is 51.2 Å². The minimum absolute atomic E-state index is 0.151. The van der Waals surface area contributed by atoms with Crippen molar-refractivity contribution in [2.45, 2.75) is 44.6 Å². The van der Waals surface area contributed by atoms with E-state index in [0.29, 0.717) is 11.7 Å². The number of fused-ring (bicyclic) bond motifs is 3. The van der Waals surface area contributed by atoms with Crippen molar-refractivity contribution in [1.29, 1.82) is 0 Å². The molecular formula is C17H20N4OS2. The highest BCUT2D eigenvalue weighted by Gasteiger charge is 2.22. The van der Waals surface area contributed by atoms with Crippen molar-refractivity contribution in [3.8, 4) is 5.95 Å². The minimum atomic E-state index is 0.151. The van der Waals surface area contributed by atoms with Crippen LogP contribution in [0.15, 0.2) is 11.1 Å². The Morgan fingerprint density at radius 2 is 2.08 bits per heavy atom. The van der Waals surface area contributed by atoms with E-state index in [1.54, 1.807) is 23.1 Å². The molecule has 0 saturated carbocycles. The molecule has 3 aromatic rings. The van der Waals surface area contributed by atoms with Crippen LogP contribution in [0.4, 0.5) is 0 Å². The van der Waals surface area contributed by atoms with Gasteiger partial charge in [0, 0.05) is 21.7 Å². The van der Waals surface area contributed by atoms with Crippen LogP contribution in [0, 0.1) is 13.8 Å². The number of aryl methyl sites for hydroxylation is 4. The zero-order valence-corrected chi connectivity index (χ0v) is 15.5. The number of thioether (sulfide) groups is 1. The van der Waals surface area contributed by atoms with Crippen LogP contribution in [0.25, 0.3) is 16.2 Å². The smallest absolute Gasteiger partial charge is 0.253 e. The molecule has 0 saturated heterocycles. The normalized spacial score (nSPS) is 14.3. The van der Waals surface area contributed by atoms with Gasteiger partial charge in [0.1, 0.15) is 9.86 Å². The highest BCUT2D eigenvalue weighted by atomic mass is 32.2. The summed E-state index contributed by atoms with van der Waals surface area (Å²) >= 11 is 3.41. The lowest BCUT2D eigenvalue weighted by atomic mass is 9.97. The van der Waals surface area contributed by atoms with Gasteiger partial charge in [0.25, 0.3) is 5.95 Å². The van der Waals surface area contributed by atoms with Gasteiger partial charge in [-0.1, -0.05) is 0 Å². The van der Waals surface area contributed by atoms with Crippen molar-refractivity contribution in [2.75, 3.05) is 12.4 Å². The molecule has 1 N–H and O–H groups in total. The summed E-state index contributed by atoms with van der Waals surface area (Å²) in [6.07, 6.45) is 4.76. The van der Waals surface area contributed by atoms with E-state index in [9.17, 15) is 5.11 Å². The molecule has 0 radical (unpaired) electrons. The third kappa shape index (κ3) is 2.74. The molecule has 0 amide bonds. The Hall–Kier alpha value is -1.44. The van der Waals surface area contributed by atoms with E-state index >= 15 is 0 Å². The quantitative estimate of drug-likeness (QED) is 0.570. The summed E-state index contributed by atoms with van der Waals surface area (Å²) in [5.74, 6) is 1.28. The maximum Gasteiger partial charge on any atom is 0.253 e. The molecular weight excluding hydrogens is 340 g/mol. The molecule has 1 aliphatic carbocycles. The molecule has 0 bridgehead atoms. The first kappa shape index (κ1) is 16.1. The first-order valence-electron chi connectivity index (χ1n) is 8.27. The second-order valence-corrected chi connectivity index (χ2v) is 8.30. The van der Waals surface area contributed by atoms with Crippen molar-refractivity contribution < 1.29 is 5.11 Å². The molecule has 1 aliphatic rings. The van der Waals surface area contributed by atoms with Crippen molar-refractivity contribution in [3.63, 3.8) is 0 Å². The third-order valence-electron chi connectivity index (χ3n) is 4.30. The first-order valence-corrected chi connectivity index (χ1v) is 10.1. The fourth-order valence-electron chi connectivity index (χ4n) is 3.29. The molecule has 5 nitrogen and oxygen atoms in total. The van der Waals surface area contributed by atoms with Gasteiger partial charge in [-0.15, -0.1) is 23.1 Å². The Bertz CT molecular complexity index is 900. The number of aliphatic hydroxyl groups excluding tert-OH is 1. The minimum Gasteiger partial charge on any atom is -0.396 e. The number of hydrogen-bond donors (Lipinski definition) is 1. The van der Waals surface area contributed by atoms with E-state index in [1.807, 2.05) is 24.6 Å². The molecule has 0 atom stereocenters. The van der Waals surface area contributed by atoms with Gasteiger partial charge in [-0.2, -0.15) is 10.1 Å². The SMILES string of the molecule is Cc1cc(C)n(-c2nc(SCCO)c3c4c(sc3n2)CCCC4)n1. The Kier molecular flexibility index (Phi) is 4.32. The van der Waals surface area contributed by atoms with Crippen molar-refractivity contribution in [1.82, 2.24) is 19.7 Å². The highest BCUT2D eigenvalue weighted by molar-refractivity contribution is 7.99. The van der Waals surface area contributed by atoms with E-state index in [4.69, 9.17) is 9.97 Å². The Labute approximate surface area is 149 Å². The van der Waals surface area contributed by atoms with E-state index in [1.165, 1.54) is 28.7 Å². The monoisotopic (exact) mass is 360 g/mol. The first-order chi connectivity index (χ1) is 11.7. The second kappa shape index (κ2) is 6.46. The lowest BCUT2D eigenvalue weighted by molar-refractivity contribution is 0.322. The zero-order chi connectivity index (χ0) is 16.7. The van der Waals surface area contributed by atoms with Crippen molar-refractivity contribution >= 4 is 33.3 Å². The molecule has 0 aliphatic heterocycles. The molecule has 126 valence electrons. The van der Waals surface area contributed by atoms with Gasteiger partial charge in [0.2, 0.25) is 0 Å². The molecule has 4 rings (SSSR count). The third-order valence-corrected chi connectivity index (χ3v) is 6.44. The van der Waals surface area contributed by atoms with Gasteiger partial charge < -0.3 is 5.11 Å². The summed E-state index contributed by atoms with van der Waals surface area (Å²) in [6.45, 7) is 4.15. The predicted molar refractivity (Wildman–Crippen MR) is 98.5 cm³/mol. The second-order valence-electron chi connectivity index (χ2n) is 6.13. The maximum absolute atomic E-state index is 9.24. The van der Waals surface area contributed by atoms with Gasteiger partial charge in [0.15, 0.2) is 0 Å². The van der Waals surface area contributed by atoms with Crippen LogP contribution in [0.2, 0.25) is 0 Å². The number of nitrogens with zero attached hydrogens (tertiary/aromatic N) is 4. The molecule has 0 fully saturated rings. The molecule has 3 aromatic heterocycles. The van der Waals surface area contributed by atoms with Gasteiger partial charge in [0.05, 0.1) is 12.3 Å². The number of aromatic nitrogens is 4. The van der Waals surface area contributed by atoms with Crippen LogP contribution >= 0.6 is 23.1 Å². The van der Waals surface area contributed by atoms with Crippen LogP contribution in [-0.4, -0.2) is 37.2 Å². The molecule has 7 heteroatoms. The van der Waals surface area contributed by atoms with E-state index in [-0.39, 0.29) is 6.61 Å². The molecule has 24 heavy (non-hydrogen) atoms. The number of hydrogen-bond acceptors (Lipinski definition) is 6. The van der Waals surface area contributed by atoms with Crippen molar-refractivity contribution in [2.24, 2.45) is 0 Å². The van der Waals surface area contributed by atoms with E-state index in [0.717, 1.165) is 34.1 Å². The largest absolute Gasteiger partial charge is 0.396 e. The predicted octanol–water partition coefficient (Wildman–Crippen LogP) is 3.46. The molecule has 0 aromatic carbocycles. The van der Waals surface area contributed by atoms with Crippen LogP contribution < -0.4 is 0 Å². The van der Waals surface area contributed by atoms with Gasteiger partial charge in [-0.3, -0.25) is 0 Å². The fourth-order valence-corrected chi connectivity index (χ4v) is 5.40. The van der Waals surface area contributed by atoms with E-state index in [2.05, 4.69) is 5.10 Å². The Morgan fingerprint density at radius 1 is 1.25 bits per heavy atom. The van der Waals surface area contributed by atoms with Crippen molar-refractivity contribution in [3.05, 3.63) is 27.9 Å². The molecule has 0 spiro atoms. The summed E-state index contributed by atoms with van der Waals surface area (Å²) in [4.78, 5) is 12.2. The maximum atomic E-state index is 9.24. The fraction of sp³-hybridized carbons (Fsp3) is 0.471. The highest BCUT2D eigenvalue weighted by Crippen LogP contribution is 2.40. The van der Waals surface area contributed by atoms with Crippen LogP contribution in [0.5, 0.6) is 0 Å². The summed E-state index contributed by atoms with van der Waals surface area (Å²) in [5, 5.41) is 16.0. The Morgan fingerprint density at radius 3 is 2.83 bits per heavy atom. The lowest BCUT2D eigenvalue weighted by Gasteiger charge is -2.12. The molecule has 0 unspecified atom stereocenters. The average molecular weight is 361 g/mol. The van der Waals surface area contributed by atoms with Crippen LogP contribution in [-0.2, 0) is 12.8 Å². The Balaban J connectivity index is 1.92. The number of rotatable bonds is 4. The standard InChI is InChI=1S/C17H20N4OS2/c1-10-9-11(2)21(20-10)17-18-15(23-8-7-22)14-12-5-3-4-6-13(12)24-16(14)19-17/h9,22H,3-8H2,1-2H3. The topological polar surface area (TPSA) is 63.8 Å². The lowest BCUT2D eigenvalue weighted by Crippen LogP contribution is -2.06. The number of thiophene rings is 1. The average Bonchev–Trinajstić information content (AvgIpc) is 3.11. The molecule has 3 heterocycles. The van der Waals surface area contributed by atoms with E-state index < -0.39 is 0 Å².